The Morgan fingerprint density at radius 3 is 2.63 bits per heavy atom. The van der Waals surface area contributed by atoms with Crippen molar-refractivity contribution in [3.8, 4) is 0 Å². The SMILES string of the molecule is CC1(C)C(NC(=O)O)=N[C@](C)(c2nc(NC(=O)c3ncc(F)cc3Cl)ccc2F)[C@@H]2CCN[SH]21=O. The Labute approximate surface area is 205 Å². The molecule has 0 aromatic carbocycles. The molecule has 4 rings (SSSR count). The lowest BCUT2D eigenvalue weighted by Crippen LogP contribution is -2.66. The van der Waals surface area contributed by atoms with Gasteiger partial charge in [0.05, 0.1) is 21.2 Å². The highest BCUT2D eigenvalue weighted by Gasteiger charge is 2.59. The Morgan fingerprint density at radius 2 is 1.97 bits per heavy atom. The van der Waals surface area contributed by atoms with E-state index in [1.165, 1.54) is 13.0 Å². The van der Waals surface area contributed by atoms with Gasteiger partial charge in [-0.2, -0.15) is 0 Å². The average Bonchev–Trinajstić information content (AvgIpc) is 3.18. The Kier molecular flexibility index (Phi) is 6.14. The van der Waals surface area contributed by atoms with E-state index in [1.807, 2.05) is 0 Å². The summed E-state index contributed by atoms with van der Waals surface area (Å²) in [6, 6.07) is 3.20. The molecule has 10 nitrogen and oxygen atoms in total. The van der Waals surface area contributed by atoms with Crippen LogP contribution in [0, 0.1) is 11.6 Å². The van der Waals surface area contributed by atoms with Crippen molar-refractivity contribution in [1.82, 2.24) is 20.0 Å². The fraction of sp³-hybridized carbons (Fsp3) is 0.381. The van der Waals surface area contributed by atoms with Crippen LogP contribution in [0.25, 0.3) is 0 Å². The normalized spacial score (nSPS) is 25.2. The van der Waals surface area contributed by atoms with Gasteiger partial charge in [-0.3, -0.25) is 24.0 Å². The molecule has 188 valence electrons. The van der Waals surface area contributed by atoms with Crippen LogP contribution in [-0.4, -0.2) is 53.7 Å². The Hall–Kier alpha value is -3.03. The second-order valence-corrected chi connectivity index (χ2v) is 12.7. The van der Waals surface area contributed by atoms with Crippen molar-refractivity contribution in [2.45, 2.75) is 42.7 Å². The van der Waals surface area contributed by atoms with Gasteiger partial charge in [-0.25, -0.2) is 23.5 Å². The summed E-state index contributed by atoms with van der Waals surface area (Å²) in [6.45, 7) is 5.13. The van der Waals surface area contributed by atoms with Crippen LogP contribution in [0.4, 0.5) is 19.4 Å². The smallest absolute Gasteiger partial charge is 0.410 e. The third-order valence-corrected chi connectivity index (χ3v) is 10.9. The van der Waals surface area contributed by atoms with E-state index >= 15 is 4.39 Å². The first kappa shape index (κ1) is 25.1. The van der Waals surface area contributed by atoms with E-state index in [0.717, 1.165) is 18.3 Å². The van der Waals surface area contributed by atoms with Crippen molar-refractivity contribution in [3.63, 3.8) is 0 Å². The first-order valence-corrected chi connectivity index (χ1v) is 12.7. The van der Waals surface area contributed by atoms with Gasteiger partial charge in [0, 0.05) is 6.54 Å². The molecule has 2 aliphatic rings. The first-order chi connectivity index (χ1) is 16.3. The van der Waals surface area contributed by atoms with Crippen molar-refractivity contribution >= 4 is 45.4 Å². The first-order valence-electron chi connectivity index (χ1n) is 10.5. The maximum absolute atomic E-state index is 15.2. The molecule has 0 radical (unpaired) electrons. The van der Waals surface area contributed by atoms with E-state index in [1.54, 1.807) is 13.8 Å². The lowest BCUT2D eigenvalue weighted by Gasteiger charge is -2.50. The molecule has 2 aliphatic heterocycles. The number of anilines is 1. The summed E-state index contributed by atoms with van der Waals surface area (Å²) < 4.78 is 44.4. The Bertz CT molecular complexity index is 1320. The number of nitrogens with zero attached hydrogens (tertiary/aromatic N) is 3. The summed E-state index contributed by atoms with van der Waals surface area (Å²) in [5.74, 6) is -2.47. The zero-order chi connectivity index (χ0) is 25.8. The maximum Gasteiger partial charge on any atom is 0.410 e. The Morgan fingerprint density at radius 1 is 1.26 bits per heavy atom. The molecule has 0 saturated carbocycles. The number of rotatable bonds is 3. The van der Waals surface area contributed by atoms with E-state index in [-0.39, 0.29) is 28.1 Å². The van der Waals surface area contributed by atoms with E-state index in [9.17, 15) is 23.3 Å². The lowest BCUT2D eigenvalue weighted by molar-refractivity contribution is 0.102. The number of carbonyl (C=O) groups excluding carboxylic acids is 1. The molecule has 0 unspecified atom stereocenters. The monoisotopic (exact) mass is 528 g/mol. The molecular formula is C21H23ClF2N6O4S. The summed E-state index contributed by atoms with van der Waals surface area (Å²) >= 11 is 5.90. The second-order valence-electron chi connectivity index (χ2n) is 8.93. The van der Waals surface area contributed by atoms with Crippen LogP contribution in [0.5, 0.6) is 0 Å². The molecule has 2 atom stereocenters. The molecule has 0 spiro atoms. The molecule has 1 fully saturated rings. The molecule has 4 N–H and O–H groups in total. The van der Waals surface area contributed by atoms with Crippen molar-refractivity contribution in [2.75, 3.05) is 11.9 Å². The molecule has 2 aromatic rings. The van der Waals surface area contributed by atoms with Crippen LogP contribution in [0.2, 0.25) is 5.02 Å². The van der Waals surface area contributed by atoms with Crippen LogP contribution >= 0.6 is 11.6 Å². The third kappa shape index (κ3) is 4.06. The quantitative estimate of drug-likeness (QED) is 0.387. The van der Waals surface area contributed by atoms with Gasteiger partial charge in [-0.15, -0.1) is 0 Å². The van der Waals surface area contributed by atoms with Crippen molar-refractivity contribution < 1.29 is 27.7 Å². The molecule has 2 aromatic heterocycles. The number of thiol groups is 1. The van der Waals surface area contributed by atoms with Crippen LogP contribution in [0.1, 0.15) is 43.4 Å². The van der Waals surface area contributed by atoms with E-state index in [0.29, 0.717) is 13.0 Å². The van der Waals surface area contributed by atoms with Gasteiger partial charge in [0.1, 0.15) is 40.2 Å². The van der Waals surface area contributed by atoms with Gasteiger partial charge in [-0.1, -0.05) is 11.6 Å². The van der Waals surface area contributed by atoms with Crippen LogP contribution < -0.4 is 15.4 Å². The van der Waals surface area contributed by atoms with Crippen LogP contribution in [0.15, 0.2) is 29.4 Å². The number of halogens is 3. The minimum Gasteiger partial charge on any atom is -0.465 e. The number of hydrogen-bond donors (Lipinski definition) is 5. The van der Waals surface area contributed by atoms with Crippen molar-refractivity contribution in [2.24, 2.45) is 4.99 Å². The average molecular weight is 529 g/mol. The minimum atomic E-state index is -3.36. The largest absolute Gasteiger partial charge is 0.465 e. The van der Waals surface area contributed by atoms with E-state index in [4.69, 9.17) is 11.6 Å². The third-order valence-electron chi connectivity index (χ3n) is 6.42. The van der Waals surface area contributed by atoms with E-state index in [2.05, 4.69) is 30.3 Å². The van der Waals surface area contributed by atoms with Gasteiger partial charge >= 0.3 is 6.09 Å². The molecule has 35 heavy (non-hydrogen) atoms. The number of carbonyl (C=O) groups is 2. The van der Waals surface area contributed by atoms with Gasteiger partial charge < -0.3 is 10.4 Å². The maximum atomic E-state index is 15.2. The van der Waals surface area contributed by atoms with Crippen molar-refractivity contribution in [3.05, 3.63) is 52.4 Å². The van der Waals surface area contributed by atoms with Gasteiger partial charge in [0.15, 0.2) is 0 Å². The summed E-state index contributed by atoms with van der Waals surface area (Å²) in [4.78, 5) is 36.5. The summed E-state index contributed by atoms with van der Waals surface area (Å²) in [6.07, 6.45) is -0.194. The van der Waals surface area contributed by atoms with Crippen LogP contribution in [-0.2, 0) is 15.7 Å². The fourth-order valence-corrected chi connectivity index (χ4v) is 8.50. The number of amidine groups is 1. The summed E-state index contributed by atoms with van der Waals surface area (Å²) in [7, 11) is -3.36. The predicted molar refractivity (Wildman–Crippen MR) is 127 cm³/mol. The second kappa shape index (κ2) is 8.57. The lowest BCUT2D eigenvalue weighted by atomic mass is 9.89. The number of hydrogen-bond acceptors (Lipinski definition) is 6. The molecule has 4 heterocycles. The van der Waals surface area contributed by atoms with Gasteiger partial charge in [-0.05, 0) is 55.5 Å². The number of aromatic nitrogens is 2. The molecule has 0 aliphatic carbocycles. The topological polar surface area (TPSA) is 146 Å². The Balaban J connectivity index is 1.79. The van der Waals surface area contributed by atoms with Crippen molar-refractivity contribution in [1.29, 1.82) is 0 Å². The molecule has 14 heteroatoms. The van der Waals surface area contributed by atoms with Crippen LogP contribution in [0.3, 0.4) is 0 Å². The number of fused-ring (bicyclic) bond motifs is 1. The van der Waals surface area contributed by atoms with Gasteiger partial charge in [0.2, 0.25) is 0 Å². The molecule has 0 bridgehead atoms. The summed E-state index contributed by atoms with van der Waals surface area (Å²) in [5.41, 5.74) is -2.01. The fourth-order valence-electron chi connectivity index (χ4n) is 4.60. The highest BCUT2D eigenvalue weighted by molar-refractivity contribution is 8.04. The highest BCUT2D eigenvalue weighted by Crippen LogP contribution is 2.48. The zero-order valence-corrected chi connectivity index (χ0v) is 20.5. The highest BCUT2D eigenvalue weighted by atomic mass is 35.5. The zero-order valence-electron chi connectivity index (χ0n) is 18.9. The molecule has 1 saturated heterocycles. The summed E-state index contributed by atoms with van der Waals surface area (Å²) in [5, 5.41) is 13.1. The molecule has 2 amide bonds. The van der Waals surface area contributed by atoms with E-state index < -0.39 is 49.3 Å². The number of nitrogens with one attached hydrogen (secondary N) is 3. The van der Waals surface area contributed by atoms with Gasteiger partial charge in [0.25, 0.3) is 5.91 Å². The number of amides is 2. The standard InChI is InChI=1S/C21H23ClF2N6O4S/c1-20(2)18(29-19(32)33)30-21(3,13-6-7-26-35(13,20)34)16-12(24)4-5-14(27-16)28-17(31)15-11(22)8-10(23)9-25-15/h4-5,8-9,13,35H,6-7H2,1-3H3,(H,26,34)(H,29,30)(H,32,33)(H,27,28,31)/t13-,21-/m0/s1. The molecular weight excluding hydrogens is 506 g/mol. The minimum absolute atomic E-state index is 0.0802. The number of pyridine rings is 2. The number of aliphatic imine (C=N–C) groups is 1. The number of carboxylic acid groups (broad SMARTS) is 1. The predicted octanol–water partition coefficient (Wildman–Crippen LogP) is 2.63.